The Labute approximate surface area is 315 Å². The maximum atomic E-state index is 2.53. The van der Waals surface area contributed by atoms with Crippen LogP contribution < -0.4 is 0 Å². The Morgan fingerprint density at radius 2 is 0.440 bits per heavy atom. The third kappa shape index (κ3) is 4.07. The molecule has 6 unspecified atom stereocenters. The Morgan fingerprint density at radius 1 is 0.300 bits per heavy atom. The molecule has 0 nitrogen and oxygen atoms in total. The highest BCUT2D eigenvalue weighted by Crippen LogP contribution is 2.88. The van der Waals surface area contributed by atoms with E-state index in [4.69, 9.17) is 0 Å². The SMILES string of the molecule is C.C.CC1=C(C)C2(C)C(C)=C(C3=C(C)[C@@]4(C)C(C)=C(C)[P@]3C4C)P1[C@H]2C.CC1=C(C)C2(C)C(C)=C(C3=C(C)[C@]4(C)C(C)=C(C)[P@@]3C4C)P1[C@@H]2C. The monoisotopic (exact) mass is 748 g/mol. The van der Waals surface area contributed by atoms with Crippen molar-refractivity contribution in [3.8, 4) is 0 Å². The quantitative estimate of drug-likeness (QED) is 0.247. The highest BCUT2D eigenvalue weighted by Gasteiger charge is 2.62. The zero-order valence-electron chi connectivity index (χ0n) is 34.1. The van der Waals surface area contributed by atoms with Crippen molar-refractivity contribution in [2.75, 3.05) is 0 Å². The third-order valence-corrected chi connectivity index (χ3v) is 31.5. The third-order valence-electron chi connectivity index (χ3n) is 17.6. The van der Waals surface area contributed by atoms with Gasteiger partial charge in [-0.3, -0.25) is 0 Å². The molecule has 8 heterocycles. The molecule has 0 aromatic carbocycles. The van der Waals surface area contributed by atoms with E-state index in [0.717, 1.165) is 22.6 Å². The molecule has 0 N–H and O–H groups in total. The maximum Gasteiger partial charge on any atom is 0.0173 e. The van der Waals surface area contributed by atoms with Crippen LogP contribution in [-0.2, 0) is 0 Å². The summed E-state index contributed by atoms with van der Waals surface area (Å²) in [6, 6.07) is 0. The van der Waals surface area contributed by atoms with Gasteiger partial charge in [-0.15, -0.1) is 0 Å². The lowest BCUT2D eigenvalue weighted by Crippen LogP contribution is -2.24. The molecule has 0 saturated carbocycles. The Morgan fingerprint density at radius 3 is 0.560 bits per heavy atom. The van der Waals surface area contributed by atoms with Gasteiger partial charge >= 0.3 is 0 Å². The Hall–Kier alpha value is -0.360. The number of rotatable bonds is 2. The van der Waals surface area contributed by atoms with Crippen LogP contribution in [0.1, 0.15) is 153 Å². The minimum atomic E-state index is -0.111. The number of hydrogen-bond acceptors (Lipinski definition) is 0. The summed E-state index contributed by atoms with van der Waals surface area (Å²) >= 11 is 0. The first-order valence-corrected chi connectivity index (χ1v) is 24.4. The largest absolute Gasteiger partial charge is 0.0776 e. The molecule has 8 bridgehead atoms. The molecule has 50 heavy (non-hydrogen) atoms. The van der Waals surface area contributed by atoms with Gasteiger partial charge in [0.1, 0.15) is 0 Å². The summed E-state index contributed by atoms with van der Waals surface area (Å²) < 4.78 is 0. The van der Waals surface area contributed by atoms with E-state index in [1.165, 1.54) is 0 Å². The summed E-state index contributed by atoms with van der Waals surface area (Å²) in [5.74, 6) is 0. The smallest absolute Gasteiger partial charge is 0.0173 e. The molecule has 0 saturated heterocycles. The van der Waals surface area contributed by atoms with Crippen LogP contribution in [0.4, 0.5) is 0 Å². The Kier molecular flexibility index (Phi) is 9.85. The highest BCUT2D eigenvalue weighted by atomic mass is 31.1. The van der Waals surface area contributed by atoms with Crippen molar-refractivity contribution in [3.05, 3.63) is 87.1 Å². The fourth-order valence-corrected chi connectivity index (χ4v) is 28.8. The summed E-state index contributed by atoms with van der Waals surface area (Å²) in [4.78, 5) is 0. The molecule has 8 aliphatic rings. The average molecular weight is 749 g/mol. The summed E-state index contributed by atoms with van der Waals surface area (Å²) in [5.41, 5.74) is 18.1. The molecule has 0 aromatic rings. The van der Waals surface area contributed by atoms with Crippen molar-refractivity contribution in [2.45, 2.75) is 176 Å². The van der Waals surface area contributed by atoms with Gasteiger partial charge in [0.15, 0.2) is 0 Å². The van der Waals surface area contributed by atoms with Crippen molar-refractivity contribution in [3.63, 3.8) is 0 Å². The first kappa shape index (κ1) is 40.8. The molecule has 0 fully saturated rings. The summed E-state index contributed by atoms with van der Waals surface area (Å²) in [6.45, 7) is 49.4. The molecule has 276 valence electrons. The van der Waals surface area contributed by atoms with Gasteiger partial charge in [0.25, 0.3) is 0 Å². The second kappa shape index (κ2) is 12.1. The van der Waals surface area contributed by atoms with Gasteiger partial charge in [-0.25, -0.2) is 0 Å². The molecule has 0 radical (unpaired) electrons. The Bertz CT molecular complexity index is 1610. The lowest BCUT2D eigenvalue weighted by atomic mass is 9.72. The lowest BCUT2D eigenvalue weighted by Gasteiger charge is -2.33. The fourth-order valence-electron chi connectivity index (χ4n) is 12.4. The van der Waals surface area contributed by atoms with Crippen LogP contribution >= 0.6 is 31.7 Å². The predicted octanol–water partition coefficient (Wildman–Crippen LogP) is 17.1. The molecule has 8 rings (SSSR count). The summed E-state index contributed by atoms with van der Waals surface area (Å²) in [5, 5.41) is 14.2. The molecule has 0 aliphatic carbocycles. The standard InChI is InChI=1S/2C22H32P2.2CH4/c2*1-11-15(5)23-17(7)21(11,9)13(3)19(23)20-14(4)22(10)12(2)16(6)24(20)18(22)8;;/h2*17-18H,1-10H3;2*1H4/t2*17-,18?,21?,22+,23?,24+;;/m10../s1. The van der Waals surface area contributed by atoms with Gasteiger partial charge in [-0.1, -0.05) is 115 Å². The van der Waals surface area contributed by atoms with Gasteiger partial charge < -0.3 is 0 Å². The maximum absolute atomic E-state index is 2.53. The first-order valence-electron chi connectivity index (χ1n) is 18.8. The number of allylic oxidation sites excluding steroid dienone is 16. The molecular formula is C46H72P4. The minimum absolute atomic E-state index is 0. The second-order valence-corrected chi connectivity index (χ2v) is 28.3. The molecule has 0 amide bonds. The summed E-state index contributed by atoms with van der Waals surface area (Å²) in [6.07, 6.45) is 0. The molecule has 0 spiro atoms. The van der Waals surface area contributed by atoms with Crippen LogP contribution in [0.25, 0.3) is 0 Å². The average Bonchev–Trinajstić information content (AvgIpc) is 3.73. The van der Waals surface area contributed by atoms with Crippen LogP contribution in [0.5, 0.6) is 0 Å². The predicted molar refractivity (Wildman–Crippen MR) is 236 cm³/mol. The zero-order valence-corrected chi connectivity index (χ0v) is 37.7. The van der Waals surface area contributed by atoms with E-state index in [1.807, 2.05) is 21.3 Å². The van der Waals surface area contributed by atoms with Crippen molar-refractivity contribution in [2.24, 2.45) is 21.7 Å². The topological polar surface area (TPSA) is 0 Å². The molecular weight excluding hydrogens is 676 g/mol. The van der Waals surface area contributed by atoms with Crippen molar-refractivity contribution < 1.29 is 0 Å². The van der Waals surface area contributed by atoms with E-state index in [2.05, 4.69) is 138 Å². The summed E-state index contributed by atoms with van der Waals surface area (Å²) in [7, 11) is -0.445. The van der Waals surface area contributed by atoms with Gasteiger partial charge in [0, 0.05) is 21.7 Å². The van der Waals surface area contributed by atoms with Crippen molar-refractivity contribution in [1.82, 2.24) is 0 Å². The van der Waals surface area contributed by atoms with Crippen molar-refractivity contribution >= 4 is 31.7 Å². The molecule has 8 aliphatic heterocycles. The van der Waals surface area contributed by atoms with Crippen LogP contribution in [0.3, 0.4) is 0 Å². The Balaban J connectivity index is 0.000000187. The van der Waals surface area contributed by atoms with Gasteiger partial charge in [-0.05, 0) is 180 Å². The first-order chi connectivity index (χ1) is 22.0. The molecule has 0 aromatic heterocycles. The van der Waals surface area contributed by atoms with Gasteiger partial charge in [-0.2, -0.15) is 0 Å². The number of hydrogen-bond donors (Lipinski definition) is 0. The van der Waals surface area contributed by atoms with Crippen LogP contribution in [0.15, 0.2) is 87.1 Å². The lowest BCUT2D eigenvalue weighted by molar-refractivity contribution is 0.485. The zero-order chi connectivity index (χ0) is 35.9. The fraction of sp³-hybridized carbons (Fsp3) is 0.652. The highest BCUT2D eigenvalue weighted by molar-refractivity contribution is 7.74. The minimum Gasteiger partial charge on any atom is -0.0776 e. The van der Waals surface area contributed by atoms with E-state index in [1.54, 1.807) is 65.8 Å². The van der Waals surface area contributed by atoms with Crippen LogP contribution in [-0.4, -0.2) is 22.6 Å². The van der Waals surface area contributed by atoms with E-state index < -0.39 is 0 Å². The molecule has 12 atom stereocenters. The normalized spacial score (nSPS) is 45.4. The van der Waals surface area contributed by atoms with E-state index in [0.29, 0.717) is 21.7 Å². The van der Waals surface area contributed by atoms with Crippen LogP contribution in [0, 0.1) is 21.7 Å². The van der Waals surface area contributed by atoms with Gasteiger partial charge in [0.2, 0.25) is 0 Å². The number of fused-ring (bicyclic) bond motifs is 8. The van der Waals surface area contributed by atoms with E-state index in [-0.39, 0.29) is 46.5 Å². The van der Waals surface area contributed by atoms with Crippen LogP contribution in [0.2, 0.25) is 0 Å². The van der Waals surface area contributed by atoms with Crippen molar-refractivity contribution in [1.29, 1.82) is 0 Å². The van der Waals surface area contributed by atoms with E-state index in [9.17, 15) is 0 Å². The molecule has 4 heteroatoms. The second-order valence-electron chi connectivity index (χ2n) is 17.7. The van der Waals surface area contributed by atoms with Gasteiger partial charge in [0.05, 0.1) is 0 Å². The van der Waals surface area contributed by atoms with E-state index >= 15 is 0 Å².